The Morgan fingerprint density at radius 3 is 1.45 bits per heavy atom. The van der Waals surface area contributed by atoms with Gasteiger partial charge in [0.05, 0.1) is 58.0 Å². The lowest BCUT2D eigenvalue weighted by Gasteiger charge is -2.31. The summed E-state index contributed by atoms with van der Waals surface area (Å²) in [6, 6.07) is 13.4. The Morgan fingerprint density at radius 2 is 1.07 bits per heavy atom. The molecule has 0 saturated heterocycles. The van der Waals surface area contributed by atoms with Gasteiger partial charge in [0.1, 0.15) is 24.7 Å². The lowest BCUT2D eigenvalue weighted by Crippen LogP contribution is -2.44. The van der Waals surface area contributed by atoms with Gasteiger partial charge in [0.15, 0.2) is 11.2 Å². The third kappa shape index (κ3) is 5.11. The fourth-order valence-electron chi connectivity index (χ4n) is 9.43. The molecule has 6 aromatic rings. The molecule has 0 saturated carbocycles. The zero-order valence-electron chi connectivity index (χ0n) is 33.1. The Morgan fingerprint density at radius 1 is 0.650 bits per heavy atom. The average Bonchev–Trinajstić information content (AvgIpc) is 3.80. The van der Waals surface area contributed by atoms with Crippen LogP contribution < -0.4 is 20.6 Å². The highest BCUT2D eigenvalue weighted by Gasteiger charge is 2.47. The molecule has 2 N–H and O–H groups in total. The minimum atomic E-state index is -1.93. The maximum absolute atomic E-state index is 13.7. The summed E-state index contributed by atoms with van der Waals surface area (Å²) < 4.78 is 25.0. The molecule has 4 aliphatic rings. The highest BCUT2D eigenvalue weighted by atomic mass is 16.7. The predicted molar refractivity (Wildman–Crippen MR) is 214 cm³/mol. The fourth-order valence-corrected chi connectivity index (χ4v) is 9.43. The minimum absolute atomic E-state index is 0.0412. The average molecular weight is 811 g/mol. The first-order valence-electron chi connectivity index (χ1n) is 20.0. The van der Waals surface area contributed by atoms with E-state index in [0.29, 0.717) is 46.7 Å². The van der Waals surface area contributed by atoms with Crippen LogP contribution in [0.5, 0.6) is 11.5 Å². The summed E-state index contributed by atoms with van der Waals surface area (Å²) in [5, 5.41) is 24.0. The number of pyridine rings is 4. The molecule has 0 spiro atoms. The van der Waals surface area contributed by atoms with Crippen LogP contribution in [0.4, 0.5) is 4.79 Å². The van der Waals surface area contributed by atoms with Gasteiger partial charge in [-0.3, -0.25) is 9.59 Å². The van der Waals surface area contributed by atoms with Crippen molar-refractivity contribution < 1.29 is 43.5 Å². The van der Waals surface area contributed by atoms with Crippen LogP contribution in [0.25, 0.3) is 44.6 Å². The molecule has 0 aliphatic carbocycles. The van der Waals surface area contributed by atoms with Crippen molar-refractivity contribution in [2.45, 2.75) is 90.9 Å². The van der Waals surface area contributed by atoms with Crippen molar-refractivity contribution in [3.8, 4) is 34.3 Å². The summed E-state index contributed by atoms with van der Waals surface area (Å²) in [5.41, 5.74) is 3.23. The van der Waals surface area contributed by atoms with Gasteiger partial charge < -0.3 is 38.3 Å². The highest BCUT2D eigenvalue weighted by Crippen LogP contribution is 2.43. The van der Waals surface area contributed by atoms with E-state index in [2.05, 4.69) is 0 Å². The molecule has 4 aromatic heterocycles. The first kappa shape index (κ1) is 37.6. The number of esters is 2. The normalized spacial score (nSPS) is 19.5. The van der Waals surface area contributed by atoms with Crippen molar-refractivity contribution in [3.05, 3.63) is 114 Å². The van der Waals surface area contributed by atoms with Gasteiger partial charge in [-0.1, -0.05) is 27.7 Å². The molecule has 0 amide bonds. The fraction of sp³-hybridized carbons (Fsp3) is 0.311. The second-order valence-electron chi connectivity index (χ2n) is 15.6. The van der Waals surface area contributed by atoms with E-state index < -0.39 is 29.3 Å². The summed E-state index contributed by atoms with van der Waals surface area (Å²) in [4.78, 5) is 75.8. The molecule has 0 fully saturated rings. The van der Waals surface area contributed by atoms with Gasteiger partial charge in [-0.15, -0.1) is 0 Å². The number of carbonyl (C=O) groups excluding carboxylic acids is 3. The largest absolute Gasteiger partial charge is 0.519 e. The molecule has 2 unspecified atom stereocenters. The van der Waals surface area contributed by atoms with Gasteiger partial charge in [-0.2, -0.15) is 0 Å². The van der Waals surface area contributed by atoms with E-state index in [1.165, 1.54) is 0 Å². The third-order valence-electron chi connectivity index (χ3n) is 12.7. The molecule has 2 atom stereocenters. The third-order valence-corrected chi connectivity index (χ3v) is 12.7. The van der Waals surface area contributed by atoms with Crippen molar-refractivity contribution in [1.82, 2.24) is 19.1 Å². The quantitative estimate of drug-likeness (QED) is 0.165. The van der Waals surface area contributed by atoms with Crippen LogP contribution in [-0.2, 0) is 69.4 Å². The first-order chi connectivity index (χ1) is 28.8. The van der Waals surface area contributed by atoms with Crippen molar-refractivity contribution in [2.24, 2.45) is 0 Å². The van der Waals surface area contributed by atoms with Gasteiger partial charge >= 0.3 is 18.1 Å². The number of fused-ring (bicyclic) bond motifs is 10. The summed E-state index contributed by atoms with van der Waals surface area (Å²) >= 11 is 0. The number of aromatic nitrogens is 4. The molecule has 4 aliphatic heterocycles. The molecular formula is C45H38N4O11. The van der Waals surface area contributed by atoms with E-state index in [0.717, 1.165) is 33.0 Å². The minimum Gasteiger partial charge on any atom is -0.458 e. The van der Waals surface area contributed by atoms with Gasteiger partial charge in [0.25, 0.3) is 11.1 Å². The van der Waals surface area contributed by atoms with E-state index in [4.69, 9.17) is 28.9 Å². The lowest BCUT2D eigenvalue weighted by atomic mass is 9.86. The Kier molecular flexibility index (Phi) is 8.23. The number of aliphatic hydroxyl groups is 2. The van der Waals surface area contributed by atoms with E-state index in [-0.39, 0.29) is 84.0 Å². The molecule has 0 radical (unpaired) electrons. The molecule has 10 rings (SSSR count). The molecule has 8 heterocycles. The van der Waals surface area contributed by atoms with Crippen LogP contribution in [0.3, 0.4) is 0 Å². The van der Waals surface area contributed by atoms with Gasteiger partial charge in [0.2, 0.25) is 0 Å². The number of cyclic esters (lactones) is 2. The monoisotopic (exact) mass is 810 g/mol. The second kappa shape index (κ2) is 13.1. The van der Waals surface area contributed by atoms with Crippen molar-refractivity contribution in [3.63, 3.8) is 0 Å². The molecule has 2 aromatic carbocycles. The molecule has 15 heteroatoms. The molecule has 15 nitrogen and oxygen atoms in total. The number of rotatable bonds is 6. The Labute approximate surface area is 340 Å². The number of ether oxygens (including phenoxy) is 4. The second-order valence-corrected chi connectivity index (χ2v) is 15.6. The van der Waals surface area contributed by atoms with Crippen LogP contribution >= 0.6 is 0 Å². The molecule has 60 heavy (non-hydrogen) atoms. The highest BCUT2D eigenvalue weighted by molar-refractivity contribution is 5.92. The summed E-state index contributed by atoms with van der Waals surface area (Å²) in [6.45, 7) is 7.31. The van der Waals surface area contributed by atoms with Crippen LogP contribution in [0.2, 0.25) is 0 Å². The van der Waals surface area contributed by atoms with E-state index in [1.807, 2.05) is 13.8 Å². The molecule has 304 valence electrons. The van der Waals surface area contributed by atoms with Crippen LogP contribution in [0.15, 0.2) is 58.1 Å². The van der Waals surface area contributed by atoms with Crippen molar-refractivity contribution in [1.29, 1.82) is 0 Å². The van der Waals surface area contributed by atoms with Gasteiger partial charge in [0, 0.05) is 33.0 Å². The maximum atomic E-state index is 13.7. The van der Waals surface area contributed by atoms with Crippen LogP contribution in [-0.4, -0.2) is 47.4 Å². The summed E-state index contributed by atoms with van der Waals surface area (Å²) in [7, 11) is 0. The zero-order chi connectivity index (χ0) is 42.0. The molecular weight excluding hydrogens is 773 g/mol. The van der Waals surface area contributed by atoms with Crippen molar-refractivity contribution in [2.75, 3.05) is 0 Å². The Balaban J connectivity index is 0.945. The number of nitrogens with zero attached hydrogens (tertiary/aromatic N) is 4. The van der Waals surface area contributed by atoms with Crippen LogP contribution in [0.1, 0.15) is 85.0 Å². The van der Waals surface area contributed by atoms with Crippen LogP contribution in [0, 0.1) is 0 Å². The standard InChI is InChI=1S/C45H38N4O11/c1-5-23-25-13-21(9-11-33(25)46-37-27(23)17-48-35(37)15-31-29(39(48)50)19-57-41(52)44(31,55)7-3)59-43(54)60-22-10-12-34-26(14-22)24(6-2)28-18-49-36(38(28)47-34)16-32-30(40(49)51)20-58-42(53)45(32,56)8-4/h9-16,55-56H,5-8,17-20H2,1-4H3. The van der Waals surface area contributed by atoms with Gasteiger partial charge in [-0.25, -0.2) is 24.4 Å². The number of carbonyl (C=O) groups is 3. The summed E-state index contributed by atoms with van der Waals surface area (Å²) in [5.74, 6) is -1.13. The first-order valence-corrected chi connectivity index (χ1v) is 20.0. The number of benzene rings is 2. The maximum Gasteiger partial charge on any atom is 0.519 e. The van der Waals surface area contributed by atoms with E-state index in [9.17, 15) is 34.2 Å². The van der Waals surface area contributed by atoms with E-state index in [1.54, 1.807) is 71.5 Å². The topological polar surface area (TPSA) is 198 Å². The SMILES string of the molecule is CCc1c2c(nc3ccc(OC(=O)Oc4ccc5nc6c(c(CC)c5c4)Cn4c-6cc5c(c4=O)COC(=O)C5(O)CC)cc13)-c1cc3c(c(=O)n1C2)COC(=O)C3(O)CC. The smallest absolute Gasteiger partial charge is 0.458 e. The van der Waals surface area contributed by atoms with E-state index >= 15 is 0 Å². The number of hydrogen-bond acceptors (Lipinski definition) is 13. The lowest BCUT2D eigenvalue weighted by molar-refractivity contribution is -0.172. The predicted octanol–water partition coefficient (Wildman–Crippen LogP) is 5.18. The number of hydrogen-bond donors (Lipinski definition) is 2. The van der Waals surface area contributed by atoms with Crippen molar-refractivity contribution >= 4 is 39.9 Å². The summed E-state index contributed by atoms with van der Waals surface area (Å²) in [6.07, 6.45) is 0.259. The Bertz CT molecular complexity index is 2890. The zero-order valence-corrected chi connectivity index (χ0v) is 33.1. The molecule has 0 bridgehead atoms. The number of aryl methyl sites for hydroxylation is 2. The van der Waals surface area contributed by atoms with Gasteiger partial charge in [-0.05, 0) is 85.3 Å². The Hall–Kier alpha value is -6.71.